The van der Waals surface area contributed by atoms with E-state index in [1.165, 1.54) is 32.1 Å². The van der Waals surface area contributed by atoms with Gasteiger partial charge in [0.05, 0.1) is 11.8 Å². The SMILES string of the molecule is [N-]=[N+]=C1CC12CCCCC2. The summed E-state index contributed by atoms with van der Waals surface area (Å²) in [5, 5.41) is 0. The Morgan fingerprint density at radius 2 is 1.90 bits per heavy atom. The number of hydrogen-bond donors (Lipinski definition) is 0. The standard InChI is InChI=1S/C8H12N2/c9-10-7-6-8(7)4-2-1-3-5-8/h1-6H2. The fourth-order valence-corrected chi connectivity index (χ4v) is 2.11. The van der Waals surface area contributed by atoms with E-state index in [9.17, 15) is 0 Å². The molecule has 0 heterocycles. The van der Waals surface area contributed by atoms with Crippen LogP contribution >= 0.6 is 0 Å². The van der Waals surface area contributed by atoms with Crippen LogP contribution in [0.1, 0.15) is 38.5 Å². The average molecular weight is 136 g/mol. The Morgan fingerprint density at radius 1 is 1.20 bits per heavy atom. The summed E-state index contributed by atoms with van der Waals surface area (Å²) in [7, 11) is 0. The molecule has 54 valence electrons. The summed E-state index contributed by atoms with van der Waals surface area (Å²) in [6.45, 7) is 0. The Balaban J connectivity index is 2.11. The maximum atomic E-state index is 8.51. The molecule has 0 aliphatic heterocycles. The molecule has 0 radical (unpaired) electrons. The van der Waals surface area contributed by atoms with E-state index >= 15 is 0 Å². The third-order valence-corrected chi connectivity index (χ3v) is 2.92. The van der Waals surface area contributed by atoms with Gasteiger partial charge in [0.1, 0.15) is 0 Å². The van der Waals surface area contributed by atoms with E-state index in [-0.39, 0.29) is 0 Å². The van der Waals surface area contributed by atoms with Crippen molar-refractivity contribution in [1.29, 1.82) is 0 Å². The molecule has 2 fully saturated rings. The fourth-order valence-electron chi connectivity index (χ4n) is 2.11. The molecular formula is C8H12N2. The van der Waals surface area contributed by atoms with Gasteiger partial charge < -0.3 is 5.53 Å². The van der Waals surface area contributed by atoms with Crippen LogP contribution in [0.4, 0.5) is 0 Å². The number of hydrogen-bond acceptors (Lipinski definition) is 0. The zero-order valence-electron chi connectivity index (χ0n) is 6.14. The smallest absolute Gasteiger partial charge is 0.276 e. The lowest BCUT2D eigenvalue weighted by Crippen LogP contribution is -2.09. The van der Waals surface area contributed by atoms with Gasteiger partial charge in [0.15, 0.2) is 0 Å². The average Bonchev–Trinajstić information content (AvgIpc) is 2.65. The molecule has 0 aromatic carbocycles. The molecule has 0 saturated heterocycles. The molecule has 0 unspecified atom stereocenters. The molecule has 2 nitrogen and oxygen atoms in total. The van der Waals surface area contributed by atoms with Gasteiger partial charge in [-0.3, -0.25) is 0 Å². The highest BCUT2D eigenvalue weighted by Crippen LogP contribution is 2.52. The summed E-state index contributed by atoms with van der Waals surface area (Å²) in [5.74, 6) is 0. The zero-order chi connectivity index (χ0) is 7.03. The van der Waals surface area contributed by atoms with Crippen LogP contribution in [0.25, 0.3) is 5.53 Å². The van der Waals surface area contributed by atoms with Gasteiger partial charge in [-0.2, -0.15) is 4.79 Å². The maximum absolute atomic E-state index is 8.51. The van der Waals surface area contributed by atoms with Crippen molar-refractivity contribution in [1.82, 2.24) is 0 Å². The summed E-state index contributed by atoms with van der Waals surface area (Å²) < 4.78 is 0. The summed E-state index contributed by atoms with van der Waals surface area (Å²) in [4.78, 5) is 3.29. The van der Waals surface area contributed by atoms with E-state index in [1.54, 1.807) is 0 Å². The summed E-state index contributed by atoms with van der Waals surface area (Å²) in [6.07, 6.45) is 7.65. The topological polar surface area (TPSA) is 36.4 Å². The Kier molecular flexibility index (Phi) is 1.18. The highest BCUT2D eigenvalue weighted by molar-refractivity contribution is 6.01. The van der Waals surface area contributed by atoms with Gasteiger partial charge in [-0.05, 0) is 12.8 Å². The van der Waals surface area contributed by atoms with E-state index in [0.717, 1.165) is 12.1 Å². The largest absolute Gasteiger partial charge is 0.362 e. The molecule has 10 heavy (non-hydrogen) atoms. The first-order valence-electron chi connectivity index (χ1n) is 4.09. The third-order valence-electron chi connectivity index (χ3n) is 2.92. The molecule has 2 aliphatic carbocycles. The van der Waals surface area contributed by atoms with Gasteiger partial charge in [0, 0.05) is 0 Å². The molecule has 2 saturated carbocycles. The van der Waals surface area contributed by atoms with Crippen LogP contribution in [-0.2, 0) is 0 Å². The third kappa shape index (κ3) is 0.723. The maximum Gasteiger partial charge on any atom is 0.276 e. The van der Waals surface area contributed by atoms with Gasteiger partial charge >= 0.3 is 0 Å². The number of rotatable bonds is 0. The van der Waals surface area contributed by atoms with E-state index < -0.39 is 0 Å². The predicted octanol–water partition coefficient (Wildman–Crippen LogP) is 2.01. The summed E-state index contributed by atoms with van der Waals surface area (Å²) >= 11 is 0. The normalized spacial score (nSPS) is 28.2. The van der Waals surface area contributed by atoms with Gasteiger partial charge in [-0.15, -0.1) is 0 Å². The second-order valence-corrected chi connectivity index (χ2v) is 3.56. The van der Waals surface area contributed by atoms with Crippen LogP contribution in [0.2, 0.25) is 0 Å². The number of nitrogens with zero attached hydrogens (tertiary/aromatic N) is 2. The first-order chi connectivity index (χ1) is 4.87. The highest BCUT2D eigenvalue weighted by Gasteiger charge is 2.58. The van der Waals surface area contributed by atoms with Gasteiger partial charge in [-0.25, -0.2) is 0 Å². The molecule has 2 heteroatoms. The fraction of sp³-hybridized carbons (Fsp3) is 0.875. The molecule has 0 N–H and O–H groups in total. The van der Waals surface area contributed by atoms with Crippen molar-refractivity contribution in [2.75, 3.05) is 0 Å². The van der Waals surface area contributed by atoms with Crippen LogP contribution in [-0.4, -0.2) is 10.5 Å². The molecule has 2 aliphatic rings. The Bertz CT molecular complexity index is 195. The second-order valence-electron chi connectivity index (χ2n) is 3.56. The second kappa shape index (κ2) is 1.93. The minimum atomic E-state index is 0.396. The van der Waals surface area contributed by atoms with Crippen molar-refractivity contribution in [3.63, 3.8) is 0 Å². The predicted molar refractivity (Wildman–Crippen MR) is 38.8 cm³/mol. The van der Waals surface area contributed by atoms with Crippen LogP contribution in [0.3, 0.4) is 0 Å². The van der Waals surface area contributed by atoms with Crippen molar-refractivity contribution in [3.05, 3.63) is 5.53 Å². The lowest BCUT2D eigenvalue weighted by Gasteiger charge is -2.15. The van der Waals surface area contributed by atoms with Crippen LogP contribution in [0.15, 0.2) is 0 Å². The zero-order valence-corrected chi connectivity index (χ0v) is 6.14. The van der Waals surface area contributed by atoms with Crippen molar-refractivity contribution in [3.8, 4) is 0 Å². The molecule has 2 rings (SSSR count). The van der Waals surface area contributed by atoms with Crippen LogP contribution in [0, 0.1) is 5.41 Å². The molecule has 1 spiro atoms. The monoisotopic (exact) mass is 136 g/mol. The Labute approximate surface area is 60.9 Å². The molecule has 0 atom stereocenters. The first kappa shape index (κ1) is 6.11. The molecular weight excluding hydrogens is 124 g/mol. The quantitative estimate of drug-likeness (QED) is 0.361. The first-order valence-corrected chi connectivity index (χ1v) is 4.09. The van der Waals surface area contributed by atoms with Gasteiger partial charge in [-0.1, -0.05) is 19.3 Å². The van der Waals surface area contributed by atoms with Crippen molar-refractivity contribution in [2.24, 2.45) is 5.41 Å². The highest BCUT2D eigenvalue weighted by atomic mass is 14.9. The van der Waals surface area contributed by atoms with E-state index in [4.69, 9.17) is 5.53 Å². The molecule has 0 amide bonds. The van der Waals surface area contributed by atoms with Crippen molar-refractivity contribution >= 4 is 5.71 Å². The van der Waals surface area contributed by atoms with Crippen LogP contribution in [0.5, 0.6) is 0 Å². The van der Waals surface area contributed by atoms with Crippen LogP contribution < -0.4 is 0 Å². The lowest BCUT2D eigenvalue weighted by atomic mass is 9.86. The molecule has 0 aromatic rings. The van der Waals surface area contributed by atoms with Crippen molar-refractivity contribution < 1.29 is 4.79 Å². The van der Waals surface area contributed by atoms with E-state index in [0.29, 0.717) is 5.41 Å². The summed E-state index contributed by atoms with van der Waals surface area (Å²) in [6, 6.07) is 0. The van der Waals surface area contributed by atoms with Gasteiger partial charge in [0.25, 0.3) is 5.71 Å². The van der Waals surface area contributed by atoms with E-state index in [1.807, 2.05) is 0 Å². The lowest BCUT2D eigenvalue weighted by molar-refractivity contribution is -0.00559. The van der Waals surface area contributed by atoms with Crippen molar-refractivity contribution in [2.45, 2.75) is 38.5 Å². The Hall–Kier alpha value is -0.620. The van der Waals surface area contributed by atoms with E-state index in [2.05, 4.69) is 4.79 Å². The molecule has 0 aromatic heterocycles. The van der Waals surface area contributed by atoms with Gasteiger partial charge in [0.2, 0.25) is 0 Å². The molecule has 0 bridgehead atoms. The minimum absolute atomic E-state index is 0.396. The Morgan fingerprint density at radius 3 is 2.40 bits per heavy atom. The summed E-state index contributed by atoms with van der Waals surface area (Å²) in [5.41, 5.74) is 9.97. The minimum Gasteiger partial charge on any atom is -0.362 e.